The number of carbonyl (C=O) groups is 2. The Bertz CT molecular complexity index is 1400. The number of ether oxygens (including phenoxy) is 1. The number of rotatable bonds is 8. The van der Waals surface area contributed by atoms with Gasteiger partial charge in [0.25, 0.3) is 15.9 Å². The first-order chi connectivity index (χ1) is 18.6. The highest BCUT2D eigenvalue weighted by molar-refractivity contribution is 7.94. The summed E-state index contributed by atoms with van der Waals surface area (Å²) in [5.41, 5.74) is 0.918. The number of urea groups is 1. The number of nitrogens with one attached hydrogen (secondary N) is 2. The molecule has 3 aromatic rings. The van der Waals surface area contributed by atoms with Gasteiger partial charge in [-0.15, -0.1) is 11.3 Å². The molecule has 0 aliphatic carbocycles. The SMILES string of the molecule is C[C@@H]1CN([C@@H](C)CO)C(=O)c2cccc(NS(=O)(=O)c3cccs3)c2O[C@@H]1CN(C)C(=O)Nc1ccccc1. The average molecular weight is 573 g/mol. The number of para-hydroxylation sites is 2. The number of benzene rings is 2. The minimum atomic E-state index is -3.93. The number of anilines is 2. The monoisotopic (exact) mass is 572 g/mol. The molecule has 0 saturated carbocycles. The number of nitrogens with zero attached hydrogens (tertiary/aromatic N) is 2. The van der Waals surface area contributed by atoms with Crippen molar-refractivity contribution in [2.24, 2.45) is 5.92 Å². The molecule has 1 aliphatic rings. The summed E-state index contributed by atoms with van der Waals surface area (Å²) in [5, 5.41) is 14.4. The van der Waals surface area contributed by atoms with E-state index in [1.54, 1.807) is 54.6 Å². The summed E-state index contributed by atoms with van der Waals surface area (Å²) >= 11 is 1.07. The predicted octanol–water partition coefficient (Wildman–Crippen LogP) is 3.93. The Morgan fingerprint density at radius 3 is 2.59 bits per heavy atom. The Morgan fingerprint density at radius 2 is 1.92 bits per heavy atom. The first-order valence-corrected chi connectivity index (χ1v) is 14.8. The van der Waals surface area contributed by atoms with Gasteiger partial charge in [0.2, 0.25) is 0 Å². The van der Waals surface area contributed by atoms with Gasteiger partial charge in [0.15, 0.2) is 5.75 Å². The van der Waals surface area contributed by atoms with E-state index in [2.05, 4.69) is 10.0 Å². The van der Waals surface area contributed by atoms with Gasteiger partial charge in [-0.3, -0.25) is 9.52 Å². The molecule has 0 unspecified atom stereocenters. The zero-order valence-corrected chi connectivity index (χ0v) is 23.5. The molecule has 0 bridgehead atoms. The summed E-state index contributed by atoms with van der Waals surface area (Å²) in [7, 11) is -2.29. The Labute approximate surface area is 232 Å². The fraction of sp³-hybridized carbons (Fsp3) is 0.333. The maximum absolute atomic E-state index is 13.6. The number of hydrogen-bond acceptors (Lipinski definition) is 7. The number of hydrogen-bond donors (Lipinski definition) is 3. The van der Waals surface area contributed by atoms with Crippen LogP contribution in [0.3, 0.4) is 0 Å². The summed E-state index contributed by atoms with van der Waals surface area (Å²) in [6.45, 7) is 3.81. The quantitative estimate of drug-likeness (QED) is 0.375. The lowest BCUT2D eigenvalue weighted by atomic mass is 9.99. The number of aliphatic hydroxyl groups is 1. The van der Waals surface area contributed by atoms with Crippen LogP contribution in [0, 0.1) is 5.92 Å². The van der Waals surface area contributed by atoms with E-state index >= 15 is 0 Å². The molecule has 1 aromatic heterocycles. The van der Waals surface area contributed by atoms with Crippen LogP contribution in [0.4, 0.5) is 16.2 Å². The molecule has 4 rings (SSSR count). The van der Waals surface area contributed by atoms with E-state index in [-0.39, 0.29) is 58.8 Å². The van der Waals surface area contributed by atoms with Crippen molar-refractivity contribution in [3.05, 3.63) is 71.6 Å². The van der Waals surface area contributed by atoms with Crippen LogP contribution in [0.2, 0.25) is 0 Å². The second-order valence-electron chi connectivity index (χ2n) is 9.52. The molecule has 10 nitrogen and oxygen atoms in total. The maximum atomic E-state index is 13.6. The first kappa shape index (κ1) is 28.4. The number of sulfonamides is 1. The van der Waals surface area contributed by atoms with Gasteiger partial charge in [-0.2, -0.15) is 0 Å². The Balaban J connectivity index is 1.68. The van der Waals surface area contributed by atoms with Crippen molar-refractivity contribution < 1.29 is 27.9 Å². The van der Waals surface area contributed by atoms with Gasteiger partial charge in [-0.25, -0.2) is 13.2 Å². The van der Waals surface area contributed by atoms with E-state index < -0.39 is 22.2 Å². The molecule has 12 heteroatoms. The molecule has 3 amide bonds. The zero-order chi connectivity index (χ0) is 28.2. The van der Waals surface area contributed by atoms with Crippen LogP contribution in [0.5, 0.6) is 5.75 Å². The topological polar surface area (TPSA) is 128 Å². The highest BCUT2D eigenvalue weighted by Crippen LogP contribution is 2.36. The molecular weight excluding hydrogens is 540 g/mol. The second-order valence-corrected chi connectivity index (χ2v) is 12.4. The van der Waals surface area contributed by atoms with Gasteiger partial charge in [-0.1, -0.05) is 37.3 Å². The molecule has 0 fully saturated rings. The predicted molar refractivity (Wildman–Crippen MR) is 151 cm³/mol. The molecule has 0 saturated heterocycles. The van der Waals surface area contributed by atoms with E-state index in [9.17, 15) is 23.1 Å². The third-order valence-electron chi connectivity index (χ3n) is 6.52. The van der Waals surface area contributed by atoms with Crippen LogP contribution in [0.15, 0.2) is 70.3 Å². The number of carbonyl (C=O) groups excluding carboxylic acids is 2. The summed E-state index contributed by atoms with van der Waals surface area (Å²) in [6, 6.07) is 16.0. The van der Waals surface area contributed by atoms with Crippen LogP contribution >= 0.6 is 11.3 Å². The van der Waals surface area contributed by atoms with Crippen LogP contribution in [-0.2, 0) is 10.0 Å². The highest BCUT2D eigenvalue weighted by Gasteiger charge is 2.35. The molecule has 2 aromatic carbocycles. The molecule has 0 spiro atoms. The van der Waals surface area contributed by atoms with Gasteiger partial charge < -0.3 is 25.0 Å². The summed E-state index contributed by atoms with van der Waals surface area (Å²) in [4.78, 5) is 29.6. The number of likely N-dealkylation sites (N-methyl/N-ethyl adjacent to an activating group) is 1. The standard InChI is InChI=1S/C27H32N4O6S2/c1-18-15-31(19(2)17-32)26(33)21-11-7-12-22(29-39(35,36)24-13-8-14-38-24)25(21)37-23(18)16-30(3)27(34)28-20-9-5-4-6-10-20/h4-14,18-19,23,29,32H,15-17H2,1-3H3,(H,28,34)/t18-,19+,23-/m1/s1. The molecule has 3 atom stereocenters. The van der Waals surface area contributed by atoms with E-state index in [1.165, 1.54) is 17.0 Å². The van der Waals surface area contributed by atoms with Gasteiger partial charge >= 0.3 is 6.03 Å². The van der Waals surface area contributed by atoms with Crippen molar-refractivity contribution in [1.82, 2.24) is 9.80 Å². The van der Waals surface area contributed by atoms with Gasteiger partial charge in [0, 0.05) is 25.2 Å². The number of fused-ring (bicyclic) bond motifs is 1. The van der Waals surface area contributed by atoms with E-state index in [0.29, 0.717) is 5.69 Å². The third kappa shape index (κ3) is 6.52. The average Bonchev–Trinajstić information content (AvgIpc) is 3.47. The molecule has 1 aliphatic heterocycles. The molecule has 39 heavy (non-hydrogen) atoms. The van der Waals surface area contributed by atoms with Crippen molar-refractivity contribution in [1.29, 1.82) is 0 Å². The van der Waals surface area contributed by atoms with E-state index in [0.717, 1.165) is 11.3 Å². The van der Waals surface area contributed by atoms with Crippen LogP contribution < -0.4 is 14.8 Å². The maximum Gasteiger partial charge on any atom is 0.321 e. The van der Waals surface area contributed by atoms with E-state index in [1.807, 2.05) is 25.1 Å². The van der Waals surface area contributed by atoms with Crippen molar-refractivity contribution >= 4 is 44.7 Å². The lowest BCUT2D eigenvalue weighted by Crippen LogP contribution is -2.50. The van der Waals surface area contributed by atoms with Crippen LogP contribution in [0.25, 0.3) is 0 Å². The smallest absolute Gasteiger partial charge is 0.321 e. The minimum Gasteiger partial charge on any atom is -0.485 e. The van der Waals surface area contributed by atoms with Crippen molar-refractivity contribution in [3.8, 4) is 5.75 Å². The van der Waals surface area contributed by atoms with Crippen molar-refractivity contribution in [2.45, 2.75) is 30.2 Å². The lowest BCUT2D eigenvalue weighted by molar-refractivity contribution is 0.0373. The highest BCUT2D eigenvalue weighted by atomic mass is 32.2. The first-order valence-electron chi connectivity index (χ1n) is 12.5. The second kappa shape index (κ2) is 12.1. The van der Waals surface area contributed by atoms with Gasteiger partial charge in [0.1, 0.15) is 10.3 Å². The fourth-order valence-corrected chi connectivity index (χ4v) is 6.30. The normalized spacial score (nSPS) is 18.3. The number of aliphatic hydroxyl groups excluding tert-OH is 1. The summed E-state index contributed by atoms with van der Waals surface area (Å²) < 4.78 is 35.2. The molecular formula is C27H32N4O6S2. The minimum absolute atomic E-state index is 0.0752. The summed E-state index contributed by atoms with van der Waals surface area (Å²) in [5.74, 6) is -0.583. The molecule has 0 radical (unpaired) electrons. The Hall–Kier alpha value is -3.61. The third-order valence-corrected chi connectivity index (χ3v) is 9.28. The largest absolute Gasteiger partial charge is 0.485 e. The van der Waals surface area contributed by atoms with Crippen LogP contribution in [-0.4, -0.2) is 74.2 Å². The number of thiophene rings is 1. The zero-order valence-electron chi connectivity index (χ0n) is 21.9. The van der Waals surface area contributed by atoms with Crippen LogP contribution in [0.1, 0.15) is 24.2 Å². The van der Waals surface area contributed by atoms with Gasteiger partial charge in [-0.05, 0) is 42.6 Å². The molecule has 3 N–H and O–H groups in total. The van der Waals surface area contributed by atoms with E-state index in [4.69, 9.17) is 4.74 Å². The Morgan fingerprint density at radius 1 is 1.18 bits per heavy atom. The summed E-state index contributed by atoms with van der Waals surface area (Å²) in [6.07, 6.45) is -0.607. The molecule has 208 valence electrons. The van der Waals surface area contributed by atoms with Crippen molar-refractivity contribution in [3.63, 3.8) is 0 Å². The fourth-order valence-electron chi connectivity index (χ4n) is 4.25. The van der Waals surface area contributed by atoms with Crippen molar-refractivity contribution in [2.75, 3.05) is 36.8 Å². The van der Waals surface area contributed by atoms with Gasteiger partial charge in [0.05, 0.1) is 30.4 Å². The molecule has 2 heterocycles. The Kier molecular flexibility index (Phi) is 8.78. The lowest BCUT2D eigenvalue weighted by Gasteiger charge is -2.38. The number of amides is 3.